The molecule has 0 radical (unpaired) electrons. The van der Waals surface area contributed by atoms with Gasteiger partial charge in [-0.15, -0.1) is 0 Å². The second-order valence-electron chi connectivity index (χ2n) is 5.20. The van der Waals surface area contributed by atoms with Crippen LogP contribution in [0.4, 0.5) is 5.69 Å². The molecule has 0 saturated heterocycles. The van der Waals surface area contributed by atoms with Gasteiger partial charge in [-0.3, -0.25) is 0 Å². The lowest BCUT2D eigenvalue weighted by atomic mass is 10.2. The predicted octanol–water partition coefficient (Wildman–Crippen LogP) is 5.04. The summed E-state index contributed by atoms with van der Waals surface area (Å²) >= 11 is 3.28. The van der Waals surface area contributed by atoms with E-state index in [0.717, 1.165) is 5.56 Å². The molecule has 8 heteroatoms. The summed E-state index contributed by atoms with van der Waals surface area (Å²) in [4.78, 5) is 17.3. The summed E-state index contributed by atoms with van der Waals surface area (Å²) in [5.74, 6) is 1.31. The molecule has 0 bridgehead atoms. The molecule has 0 amide bonds. The van der Waals surface area contributed by atoms with E-state index in [2.05, 4.69) is 36.0 Å². The predicted molar refractivity (Wildman–Crippen MR) is 106 cm³/mol. The van der Waals surface area contributed by atoms with Gasteiger partial charge < -0.3 is 14.3 Å². The molecule has 0 aliphatic rings. The third-order valence-corrected chi connectivity index (χ3v) is 3.69. The van der Waals surface area contributed by atoms with Crippen molar-refractivity contribution in [1.82, 2.24) is 9.97 Å². The van der Waals surface area contributed by atoms with E-state index in [4.69, 9.17) is 14.3 Å². The van der Waals surface area contributed by atoms with E-state index in [1.165, 1.54) is 12.8 Å². The summed E-state index contributed by atoms with van der Waals surface area (Å²) in [5, 5.41) is 3.64. The highest BCUT2D eigenvalue weighted by Gasteiger charge is 2.05. The van der Waals surface area contributed by atoms with Crippen LogP contribution in [-0.4, -0.2) is 22.8 Å². The molecule has 1 heterocycles. The second-order valence-corrected chi connectivity index (χ2v) is 6.01. The zero-order chi connectivity index (χ0) is 18.9. The van der Waals surface area contributed by atoms with Gasteiger partial charge in [-0.25, -0.2) is 9.98 Å². The molecule has 0 saturated carbocycles. The lowest BCUT2D eigenvalue weighted by Gasteiger charge is -2.07. The topological polar surface area (TPSA) is 78.2 Å². The maximum absolute atomic E-state index is 5.67. The normalized spacial score (nSPS) is 11.0. The van der Waals surface area contributed by atoms with Gasteiger partial charge in [0, 0.05) is 6.20 Å². The molecule has 27 heavy (non-hydrogen) atoms. The zero-order valence-electron chi connectivity index (χ0n) is 14.3. The number of benzene rings is 2. The quantitative estimate of drug-likeness (QED) is 0.229. The Morgan fingerprint density at radius 1 is 1.04 bits per heavy atom. The molecular formula is C19H15BrN4O3. The average Bonchev–Trinajstić information content (AvgIpc) is 2.67. The molecule has 0 unspecified atom stereocenters. The van der Waals surface area contributed by atoms with Crippen LogP contribution in [0.25, 0.3) is 0 Å². The van der Waals surface area contributed by atoms with Crippen LogP contribution in [0.1, 0.15) is 5.56 Å². The highest BCUT2D eigenvalue weighted by atomic mass is 79.9. The van der Waals surface area contributed by atoms with Gasteiger partial charge >= 0.3 is 6.01 Å². The van der Waals surface area contributed by atoms with Crippen molar-refractivity contribution in [3.8, 4) is 17.5 Å². The Morgan fingerprint density at radius 3 is 2.67 bits per heavy atom. The van der Waals surface area contributed by atoms with E-state index in [1.54, 1.807) is 24.4 Å². The largest absolute Gasteiger partial charge is 0.442 e. The maximum Gasteiger partial charge on any atom is 0.322 e. The summed E-state index contributed by atoms with van der Waals surface area (Å²) in [5.41, 5.74) is 1.57. The Labute approximate surface area is 164 Å². The van der Waals surface area contributed by atoms with Crippen molar-refractivity contribution < 1.29 is 14.3 Å². The zero-order valence-corrected chi connectivity index (χ0v) is 15.9. The van der Waals surface area contributed by atoms with E-state index in [9.17, 15) is 0 Å². The smallest absolute Gasteiger partial charge is 0.322 e. The standard InChI is InChI=1S/C19H15BrN4O3/c1-14-11-15(7-8-17(14)27-19-21-10-9-18(20)24-19)22-12-26-23-13-25-16-5-3-2-4-6-16/h2-13H,1H3. The Morgan fingerprint density at radius 2 is 1.89 bits per heavy atom. The van der Waals surface area contributed by atoms with Crippen molar-refractivity contribution in [2.45, 2.75) is 6.92 Å². The molecule has 7 nitrogen and oxygen atoms in total. The molecular weight excluding hydrogens is 412 g/mol. The summed E-state index contributed by atoms with van der Waals surface area (Å²) in [6, 6.07) is 16.7. The van der Waals surface area contributed by atoms with Crippen LogP contribution in [0.5, 0.6) is 17.5 Å². The monoisotopic (exact) mass is 426 g/mol. The number of ether oxygens (including phenoxy) is 2. The number of para-hydroxylation sites is 1. The van der Waals surface area contributed by atoms with E-state index in [0.29, 0.717) is 21.8 Å². The summed E-state index contributed by atoms with van der Waals surface area (Å²) in [7, 11) is 0. The molecule has 3 aromatic rings. The number of hydrogen-bond acceptors (Lipinski definition) is 7. The van der Waals surface area contributed by atoms with E-state index in [-0.39, 0.29) is 6.01 Å². The molecule has 0 aliphatic carbocycles. The lowest BCUT2D eigenvalue weighted by molar-refractivity contribution is 0.335. The molecule has 0 fully saturated rings. The lowest BCUT2D eigenvalue weighted by Crippen LogP contribution is -1.93. The van der Waals surface area contributed by atoms with Gasteiger partial charge in [0.25, 0.3) is 0 Å². The Hall–Kier alpha value is -3.26. The molecule has 0 spiro atoms. The van der Waals surface area contributed by atoms with Crippen LogP contribution in [0.2, 0.25) is 0 Å². The Balaban J connectivity index is 1.53. The first-order chi connectivity index (χ1) is 13.2. The average molecular weight is 427 g/mol. The number of aryl methyl sites for hydroxylation is 1. The molecule has 0 atom stereocenters. The van der Waals surface area contributed by atoms with Gasteiger partial charge in [0.2, 0.25) is 12.8 Å². The SMILES string of the molecule is Cc1cc(N=CON=COc2ccccc2)ccc1Oc1nccc(Br)n1. The van der Waals surface area contributed by atoms with Crippen molar-refractivity contribution in [1.29, 1.82) is 0 Å². The molecule has 3 rings (SSSR count). The third kappa shape index (κ3) is 5.89. The van der Waals surface area contributed by atoms with Gasteiger partial charge in [-0.05, 0) is 70.0 Å². The first kappa shape index (κ1) is 18.5. The van der Waals surface area contributed by atoms with Crippen LogP contribution in [-0.2, 0) is 4.84 Å². The number of hydrogen-bond donors (Lipinski definition) is 0. The van der Waals surface area contributed by atoms with Gasteiger partial charge in [-0.2, -0.15) is 4.98 Å². The maximum atomic E-state index is 5.67. The highest BCUT2D eigenvalue weighted by Crippen LogP contribution is 2.27. The van der Waals surface area contributed by atoms with Crippen LogP contribution in [0, 0.1) is 6.92 Å². The fraction of sp³-hybridized carbons (Fsp3) is 0.0526. The minimum Gasteiger partial charge on any atom is -0.442 e. The van der Waals surface area contributed by atoms with Crippen LogP contribution in [0.3, 0.4) is 0 Å². The molecule has 136 valence electrons. The minimum atomic E-state index is 0.264. The first-order valence-corrected chi connectivity index (χ1v) is 8.69. The first-order valence-electron chi connectivity index (χ1n) is 7.90. The van der Waals surface area contributed by atoms with Crippen molar-refractivity contribution in [2.75, 3.05) is 0 Å². The summed E-state index contributed by atoms with van der Waals surface area (Å²) in [6.07, 6.45) is 4.03. The van der Waals surface area contributed by atoms with Crippen molar-refractivity contribution in [2.24, 2.45) is 10.1 Å². The summed E-state index contributed by atoms with van der Waals surface area (Å²) < 4.78 is 11.6. The van der Waals surface area contributed by atoms with E-state index in [1.807, 2.05) is 43.3 Å². The summed E-state index contributed by atoms with van der Waals surface area (Å²) in [6.45, 7) is 1.90. The van der Waals surface area contributed by atoms with Crippen molar-refractivity contribution in [3.63, 3.8) is 0 Å². The van der Waals surface area contributed by atoms with Crippen LogP contribution < -0.4 is 9.47 Å². The van der Waals surface area contributed by atoms with E-state index >= 15 is 0 Å². The second kappa shape index (κ2) is 9.44. The molecule has 0 aliphatic heterocycles. The van der Waals surface area contributed by atoms with Crippen LogP contribution in [0.15, 0.2) is 75.5 Å². The number of rotatable bonds is 7. The number of nitrogens with zero attached hydrogens (tertiary/aromatic N) is 4. The van der Waals surface area contributed by atoms with Crippen LogP contribution >= 0.6 is 15.9 Å². The number of aliphatic imine (C=N–C) groups is 1. The molecule has 2 aromatic carbocycles. The van der Waals surface area contributed by atoms with Gasteiger partial charge in [0.05, 0.1) is 5.69 Å². The fourth-order valence-electron chi connectivity index (χ4n) is 2.01. The Bertz CT molecular complexity index is 949. The van der Waals surface area contributed by atoms with Crippen molar-refractivity contribution in [3.05, 3.63) is 71.0 Å². The fourth-order valence-corrected chi connectivity index (χ4v) is 2.28. The minimum absolute atomic E-state index is 0.264. The van der Waals surface area contributed by atoms with Gasteiger partial charge in [0.1, 0.15) is 16.1 Å². The van der Waals surface area contributed by atoms with Gasteiger partial charge in [-0.1, -0.05) is 18.2 Å². The van der Waals surface area contributed by atoms with Crippen molar-refractivity contribution >= 4 is 34.4 Å². The number of halogens is 1. The number of aromatic nitrogens is 2. The number of oxime groups is 1. The highest BCUT2D eigenvalue weighted by molar-refractivity contribution is 9.10. The van der Waals surface area contributed by atoms with Gasteiger partial charge in [0.15, 0.2) is 0 Å². The molecule has 1 aromatic heterocycles. The third-order valence-electron chi connectivity index (χ3n) is 3.24. The van der Waals surface area contributed by atoms with E-state index < -0.39 is 0 Å². The molecule has 0 N–H and O–H groups in total. The Kier molecular flexibility index (Phi) is 6.48.